The summed E-state index contributed by atoms with van der Waals surface area (Å²) in [5, 5.41) is 0. The van der Waals surface area contributed by atoms with Crippen molar-refractivity contribution in [2.75, 3.05) is 57.9 Å². The van der Waals surface area contributed by atoms with Crippen molar-refractivity contribution in [3.05, 3.63) is 18.0 Å². The Balaban J connectivity index is 1.42. The Hall–Kier alpha value is -2.42. The minimum atomic E-state index is -0.573. The summed E-state index contributed by atoms with van der Waals surface area (Å²) in [7, 11) is 1.71. The number of aromatic nitrogens is 2. The largest absolute Gasteiger partial charge is 0.439 e. The van der Waals surface area contributed by atoms with Crippen LogP contribution >= 0.6 is 0 Å². The standard InChI is InChI=1S/C16H21N5O4/c1-19-10-16(25-15(19)23)2-3-21(11-16)13(22)12-8-17-14(18-9-12)20-4-6-24-7-5-20/h8-9H,2-7,10-11H2,1H3/t16-/m0/s1. The van der Waals surface area contributed by atoms with Gasteiger partial charge in [-0.15, -0.1) is 0 Å². The van der Waals surface area contributed by atoms with Gasteiger partial charge in [0, 0.05) is 45.5 Å². The zero-order chi connectivity index (χ0) is 17.4. The topological polar surface area (TPSA) is 88.1 Å². The van der Waals surface area contributed by atoms with Crippen LogP contribution in [-0.4, -0.2) is 90.4 Å². The van der Waals surface area contributed by atoms with Crippen molar-refractivity contribution in [3.63, 3.8) is 0 Å². The van der Waals surface area contributed by atoms with E-state index in [1.54, 1.807) is 29.2 Å². The Labute approximate surface area is 145 Å². The van der Waals surface area contributed by atoms with E-state index in [1.807, 2.05) is 4.90 Å². The van der Waals surface area contributed by atoms with Gasteiger partial charge < -0.3 is 24.2 Å². The van der Waals surface area contributed by atoms with Gasteiger partial charge in [0.1, 0.15) is 0 Å². The summed E-state index contributed by atoms with van der Waals surface area (Å²) >= 11 is 0. The molecule has 0 N–H and O–H groups in total. The van der Waals surface area contributed by atoms with E-state index in [0.29, 0.717) is 50.8 Å². The van der Waals surface area contributed by atoms with Crippen LogP contribution in [0.1, 0.15) is 16.8 Å². The summed E-state index contributed by atoms with van der Waals surface area (Å²) in [6, 6.07) is 0. The number of carbonyl (C=O) groups is 2. The molecule has 0 saturated carbocycles. The number of hydrogen-bond donors (Lipinski definition) is 0. The van der Waals surface area contributed by atoms with E-state index < -0.39 is 5.60 Å². The van der Waals surface area contributed by atoms with Gasteiger partial charge in [-0.2, -0.15) is 0 Å². The van der Waals surface area contributed by atoms with Crippen LogP contribution in [0.2, 0.25) is 0 Å². The van der Waals surface area contributed by atoms with Crippen LogP contribution in [0.4, 0.5) is 10.7 Å². The fourth-order valence-corrected chi connectivity index (χ4v) is 3.56. The number of amides is 2. The molecule has 0 aromatic carbocycles. The first-order valence-corrected chi connectivity index (χ1v) is 8.44. The van der Waals surface area contributed by atoms with Crippen LogP contribution in [0, 0.1) is 0 Å². The van der Waals surface area contributed by atoms with Crippen molar-refractivity contribution in [1.29, 1.82) is 0 Å². The number of hydrogen-bond acceptors (Lipinski definition) is 7. The predicted molar refractivity (Wildman–Crippen MR) is 87.4 cm³/mol. The third-order valence-corrected chi connectivity index (χ3v) is 4.92. The fourth-order valence-electron chi connectivity index (χ4n) is 3.56. The monoisotopic (exact) mass is 347 g/mol. The fraction of sp³-hybridized carbons (Fsp3) is 0.625. The van der Waals surface area contributed by atoms with E-state index in [0.717, 1.165) is 13.1 Å². The quantitative estimate of drug-likeness (QED) is 0.743. The van der Waals surface area contributed by atoms with Gasteiger partial charge in [-0.3, -0.25) is 4.79 Å². The van der Waals surface area contributed by atoms with Gasteiger partial charge >= 0.3 is 6.09 Å². The maximum absolute atomic E-state index is 12.7. The third kappa shape index (κ3) is 2.99. The highest BCUT2D eigenvalue weighted by Crippen LogP contribution is 2.32. The van der Waals surface area contributed by atoms with E-state index in [2.05, 4.69) is 9.97 Å². The first kappa shape index (κ1) is 16.1. The lowest BCUT2D eigenvalue weighted by Gasteiger charge is -2.26. The number of ether oxygens (including phenoxy) is 2. The van der Waals surface area contributed by atoms with Crippen molar-refractivity contribution >= 4 is 17.9 Å². The van der Waals surface area contributed by atoms with E-state index in [-0.39, 0.29) is 12.0 Å². The Kier molecular flexibility index (Phi) is 3.95. The summed E-state index contributed by atoms with van der Waals surface area (Å²) in [6.07, 6.45) is 3.46. The van der Waals surface area contributed by atoms with Crippen LogP contribution in [0.25, 0.3) is 0 Å². The molecule has 0 bridgehead atoms. The lowest BCUT2D eigenvalue weighted by molar-refractivity contribution is 0.0552. The molecule has 1 aromatic heterocycles. The molecule has 1 aromatic rings. The molecular formula is C16H21N5O4. The van der Waals surface area contributed by atoms with Gasteiger partial charge in [-0.05, 0) is 0 Å². The molecule has 1 atom stereocenters. The highest BCUT2D eigenvalue weighted by Gasteiger charge is 2.49. The number of likely N-dealkylation sites (tertiary alicyclic amines) is 1. The molecule has 9 heteroatoms. The molecule has 4 heterocycles. The molecule has 3 aliphatic heterocycles. The second-order valence-corrected chi connectivity index (χ2v) is 6.75. The number of carbonyl (C=O) groups excluding carboxylic acids is 2. The zero-order valence-corrected chi connectivity index (χ0v) is 14.2. The van der Waals surface area contributed by atoms with E-state index >= 15 is 0 Å². The van der Waals surface area contributed by atoms with Crippen molar-refractivity contribution < 1.29 is 19.1 Å². The van der Waals surface area contributed by atoms with Gasteiger partial charge in [0.25, 0.3) is 5.91 Å². The Morgan fingerprint density at radius 2 is 1.88 bits per heavy atom. The number of rotatable bonds is 2. The summed E-state index contributed by atoms with van der Waals surface area (Å²) < 4.78 is 10.8. The van der Waals surface area contributed by atoms with Crippen molar-refractivity contribution in [2.24, 2.45) is 0 Å². The smallest absolute Gasteiger partial charge is 0.410 e. The highest BCUT2D eigenvalue weighted by molar-refractivity contribution is 5.94. The number of likely N-dealkylation sites (N-methyl/N-ethyl adjacent to an activating group) is 1. The molecule has 3 aliphatic rings. The second kappa shape index (κ2) is 6.14. The molecule has 0 radical (unpaired) electrons. The molecular weight excluding hydrogens is 326 g/mol. The Bertz CT molecular complexity index is 676. The van der Waals surface area contributed by atoms with Gasteiger partial charge in [-0.25, -0.2) is 14.8 Å². The zero-order valence-electron chi connectivity index (χ0n) is 14.2. The van der Waals surface area contributed by atoms with E-state index in [1.165, 1.54) is 0 Å². The average Bonchev–Trinajstić information content (AvgIpc) is 3.17. The Morgan fingerprint density at radius 3 is 2.52 bits per heavy atom. The third-order valence-electron chi connectivity index (χ3n) is 4.92. The molecule has 0 unspecified atom stereocenters. The number of anilines is 1. The maximum Gasteiger partial charge on any atom is 0.410 e. The molecule has 2 amide bonds. The molecule has 0 aliphatic carbocycles. The summed E-state index contributed by atoms with van der Waals surface area (Å²) in [5.74, 6) is 0.486. The molecule has 4 rings (SSSR count). The summed E-state index contributed by atoms with van der Waals surface area (Å²) in [4.78, 5) is 38.3. The first-order chi connectivity index (χ1) is 12.1. The lowest BCUT2D eigenvalue weighted by atomic mass is 10.0. The van der Waals surface area contributed by atoms with Crippen molar-refractivity contribution in [1.82, 2.24) is 19.8 Å². The Morgan fingerprint density at radius 1 is 1.16 bits per heavy atom. The van der Waals surface area contributed by atoms with Crippen LogP contribution in [0.15, 0.2) is 12.4 Å². The molecule has 3 fully saturated rings. The predicted octanol–water partition coefficient (Wildman–Crippen LogP) is -0.0201. The van der Waals surface area contributed by atoms with Crippen LogP contribution in [-0.2, 0) is 9.47 Å². The SMILES string of the molecule is CN1C[C@]2(CCN(C(=O)c3cnc(N4CCOCC4)nc3)C2)OC1=O. The molecule has 134 valence electrons. The van der Waals surface area contributed by atoms with Gasteiger partial charge in [0.2, 0.25) is 5.95 Å². The van der Waals surface area contributed by atoms with Crippen LogP contribution in [0.5, 0.6) is 0 Å². The van der Waals surface area contributed by atoms with Crippen LogP contribution in [0.3, 0.4) is 0 Å². The highest BCUT2D eigenvalue weighted by atomic mass is 16.6. The van der Waals surface area contributed by atoms with E-state index in [9.17, 15) is 9.59 Å². The van der Waals surface area contributed by atoms with Gasteiger partial charge in [-0.1, -0.05) is 0 Å². The normalized spacial score (nSPS) is 26.4. The summed E-state index contributed by atoms with van der Waals surface area (Å²) in [5.41, 5.74) is -0.123. The van der Waals surface area contributed by atoms with Crippen LogP contribution < -0.4 is 4.90 Å². The molecule has 9 nitrogen and oxygen atoms in total. The van der Waals surface area contributed by atoms with Gasteiger partial charge in [0.15, 0.2) is 5.60 Å². The van der Waals surface area contributed by atoms with Gasteiger partial charge in [0.05, 0.1) is 31.9 Å². The van der Waals surface area contributed by atoms with Crippen molar-refractivity contribution in [3.8, 4) is 0 Å². The minimum Gasteiger partial charge on any atom is -0.439 e. The average molecular weight is 347 g/mol. The summed E-state index contributed by atoms with van der Waals surface area (Å²) in [6.45, 7) is 4.31. The van der Waals surface area contributed by atoms with E-state index in [4.69, 9.17) is 9.47 Å². The molecule has 25 heavy (non-hydrogen) atoms. The first-order valence-electron chi connectivity index (χ1n) is 8.44. The number of morpholine rings is 1. The molecule has 1 spiro atoms. The minimum absolute atomic E-state index is 0.129. The molecule has 3 saturated heterocycles. The second-order valence-electron chi connectivity index (χ2n) is 6.75. The number of nitrogens with zero attached hydrogens (tertiary/aromatic N) is 5. The van der Waals surface area contributed by atoms with Crippen molar-refractivity contribution in [2.45, 2.75) is 12.0 Å². The lowest BCUT2D eigenvalue weighted by Crippen LogP contribution is -2.39. The maximum atomic E-state index is 12.7.